The fourth-order valence-corrected chi connectivity index (χ4v) is 3.43. The second-order valence-corrected chi connectivity index (χ2v) is 6.53. The predicted molar refractivity (Wildman–Crippen MR) is 82.9 cm³/mol. The van der Waals surface area contributed by atoms with Crippen LogP contribution in [0.15, 0.2) is 24.3 Å². The molecule has 0 amide bonds. The molecule has 0 saturated heterocycles. The molecular weight excluding hydrogens is 246 g/mol. The van der Waals surface area contributed by atoms with Gasteiger partial charge in [0, 0.05) is 6.04 Å². The molecule has 1 atom stereocenters. The van der Waals surface area contributed by atoms with Crippen LogP contribution in [0, 0.1) is 0 Å². The first-order chi connectivity index (χ1) is 9.86. The van der Waals surface area contributed by atoms with E-state index in [0.29, 0.717) is 6.04 Å². The topological polar surface area (TPSA) is 32.3 Å². The molecule has 3 rings (SSSR count). The highest BCUT2D eigenvalue weighted by molar-refractivity contribution is 5.31. The summed E-state index contributed by atoms with van der Waals surface area (Å²) in [6, 6.07) is 9.55. The van der Waals surface area contributed by atoms with E-state index in [-0.39, 0.29) is 12.6 Å². The lowest BCUT2D eigenvalue weighted by atomic mass is 10.00. The highest BCUT2D eigenvalue weighted by Gasteiger charge is 2.24. The molecule has 2 N–H and O–H groups in total. The number of aliphatic hydroxyl groups is 1. The number of hydrogen-bond acceptors (Lipinski definition) is 2. The zero-order valence-corrected chi connectivity index (χ0v) is 12.4. The Hall–Kier alpha value is -0.860. The lowest BCUT2D eigenvalue weighted by Gasteiger charge is -2.24. The summed E-state index contributed by atoms with van der Waals surface area (Å²) in [5.41, 5.74) is 2.73. The molecule has 110 valence electrons. The van der Waals surface area contributed by atoms with E-state index in [1.165, 1.54) is 62.5 Å². The van der Waals surface area contributed by atoms with Crippen LogP contribution in [0.4, 0.5) is 0 Å². The van der Waals surface area contributed by atoms with Gasteiger partial charge in [0.2, 0.25) is 0 Å². The van der Waals surface area contributed by atoms with E-state index >= 15 is 0 Å². The Labute approximate surface area is 122 Å². The van der Waals surface area contributed by atoms with Crippen molar-refractivity contribution in [2.45, 2.75) is 69.4 Å². The molecular formula is C18H27NO. The zero-order chi connectivity index (χ0) is 13.8. The number of rotatable bonds is 5. The molecule has 0 radical (unpaired) electrons. The van der Waals surface area contributed by atoms with Gasteiger partial charge in [0.1, 0.15) is 0 Å². The van der Waals surface area contributed by atoms with Crippen LogP contribution in [0.2, 0.25) is 0 Å². The number of benzene rings is 1. The largest absolute Gasteiger partial charge is 0.394 e. The Kier molecular flexibility index (Phi) is 4.74. The van der Waals surface area contributed by atoms with Gasteiger partial charge in [-0.3, -0.25) is 0 Å². The molecule has 0 aliphatic heterocycles. The lowest BCUT2D eigenvalue weighted by Crippen LogP contribution is -2.34. The van der Waals surface area contributed by atoms with Crippen LogP contribution in [0.1, 0.15) is 74.5 Å². The van der Waals surface area contributed by atoms with Gasteiger partial charge in [-0.05, 0) is 42.7 Å². The normalized spacial score (nSPS) is 22.4. The summed E-state index contributed by atoms with van der Waals surface area (Å²) in [4.78, 5) is 0. The smallest absolute Gasteiger partial charge is 0.0626 e. The van der Waals surface area contributed by atoms with Crippen molar-refractivity contribution in [3.63, 3.8) is 0 Å². The van der Waals surface area contributed by atoms with Crippen molar-refractivity contribution < 1.29 is 5.11 Å². The number of aliphatic hydroxyl groups excluding tert-OH is 1. The third-order valence-electron chi connectivity index (χ3n) is 4.84. The van der Waals surface area contributed by atoms with Gasteiger partial charge >= 0.3 is 0 Å². The van der Waals surface area contributed by atoms with Crippen molar-refractivity contribution in [2.24, 2.45) is 0 Å². The van der Waals surface area contributed by atoms with Gasteiger partial charge in [-0.15, -0.1) is 0 Å². The summed E-state index contributed by atoms with van der Waals surface area (Å²) < 4.78 is 0. The summed E-state index contributed by atoms with van der Waals surface area (Å²) in [7, 11) is 0. The third-order valence-corrected chi connectivity index (χ3v) is 4.84. The predicted octanol–water partition coefficient (Wildman–Crippen LogP) is 3.91. The van der Waals surface area contributed by atoms with Crippen molar-refractivity contribution in [1.82, 2.24) is 5.32 Å². The quantitative estimate of drug-likeness (QED) is 0.797. The van der Waals surface area contributed by atoms with E-state index < -0.39 is 0 Å². The van der Waals surface area contributed by atoms with Crippen LogP contribution in [0.5, 0.6) is 0 Å². The SMILES string of the molecule is OCC(NC1CCCCCC1)c1cccc(C2CC2)c1. The maximum Gasteiger partial charge on any atom is 0.0626 e. The lowest BCUT2D eigenvalue weighted by molar-refractivity contribution is 0.228. The Morgan fingerprint density at radius 3 is 2.45 bits per heavy atom. The molecule has 20 heavy (non-hydrogen) atoms. The summed E-state index contributed by atoms with van der Waals surface area (Å²) >= 11 is 0. The van der Waals surface area contributed by atoms with Crippen LogP contribution >= 0.6 is 0 Å². The molecule has 1 aromatic rings. The molecule has 2 saturated carbocycles. The van der Waals surface area contributed by atoms with Crippen molar-refractivity contribution in [3.8, 4) is 0 Å². The summed E-state index contributed by atoms with van der Waals surface area (Å²) in [5, 5.41) is 13.5. The van der Waals surface area contributed by atoms with Crippen LogP contribution in [-0.2, 0) is 0 Å². The van der Waals surface area contributed by atoms with Gasteiger partial charge < -0.3 is 10.4 Å². The zero-order valence-electron chi connectivity index (χ0n) is 12.4. The minimum atomic E-state index is 0.108. The highest BCUT2D eigenvalue weighted by atomic mass is 16.3. The van der Waals surface area contributed by atoms with Gasteiger partial charge in [-0.2, -0.15) is 0 Å². The average molecular weight is 273 g/mol. The Morgan fingerprint density at radius 2 is 1.80 bits per heavy atom. The maximum atomic E-state index is 9.76. The summed E-state index contributed by atoms with van der Waals surface area (Å²) in [6.45, 7) is 0.199. The minimum Gasteiger partial charge on any atom is -0.394 e. The van der Waals surface area contributed by atoms with Gasteiger partial charge in [-0.25, -0.2) is 0 Å². The van der Waals surface area contributed by atoms with E-state index in [0.717, 1.165) is 5.92 Å². The standard InChI is InChI=1S/C18H27NO/c20-13-18(19-17-8-3-1-2-4-9-17)16-7-5-6-15(12-16)14-10-11-14/h5-7,12,14,17-20H,1-4,8-11,13H2. The minimum absolute atomic E-state index is 0.108. The van der Waals surface area contributed by atoms with Crippen molar-refractivity contribution in [2.75, 3.05) is 6.61 Å². The van der Waals surface area contributed by atoms with Crippen molar-refractivity contribution in [3.05, 3.63) is 35.4 Å². The molecule has 0 spiro atoms. The van der Waals surface area contributed by atoms with Crippen LogP contribution < -0.4 is 5.32 Å². The summed E-state index contributed by atoms with van der Waals surface area (Å²) in [6.07, 6.45) is 10.6. The molecule has 0 bridgehead atoms. The fraction of sp³-hybridized carbons (Fsp3) is 0.667. The molecule has 2 heteroatoms. The average Bonchev–Trinajstić information content (AvgIpc) is 3.32. The van der Waals surface area contributed by atoms with E-state index in [2.05, 4.69) is 29.6 Å². The van der Waals surface area contributed by atoms with E-state index in [4.69, 9.17) is 0 Å². The van der Waals surface area contributed by atoms with Gasteiger partial charge in [0.15, 0.2) is 0 Å². The molecule has 2 fully saturated rings. The maximum absolute atomic E-state index is 9.76. The Bertz CT molecular complexity index is 419. The molecule has 0 heterocycles. The van der Waals surface area contributed by atoms with Crippen LogP contribution in [-0.4, -0.2) is 17.8 Å². The molecule has 1 unspecified atom stereocenters. The van der Waals surface area contributed by atoms with Crippen LogP contribution in [0.3, 0.4) is 0 Å². The highest BCUT2D eigenvalue weighted by Crippen LogP contribution is 2.40. The first kappa shape index (κ1) is 14.1. The molecule has 0 aromatic heterocycles. The monoisotopic (exact) mass is 273 g/mol. The van der Waals surface area contributed by atoms with Crippen molar-refractivity contribution in [1.29, 1.82) is 0 Å². The Morgan fingerprint density at radius 1 is 1.05 bits per heavy atom. The van der Waals surface area contributed by atoms with Crippen molar-refractivity contribution >= 4 is 0 Å². The third kappa shape index (κ3) is 3.62. The molecule has 2 aliphatic carbocycles. The first-order valence-electron chi connectivity index (χ1n) is 8.33. The molecule has 1 aromatic carbocycles. The number of nitrogens with one attached hydrogen (secondary N) is 1. The van der Waals surface area contributed by atoms with E-state index in [1.807, 2.05) is 0 Å². The van der Waals surface area contributed by atoms with E-state index in [9.17, 15) is 5.11 Å². The molecule has 2 aliphatic rings. The summed E-state index contributed by atoms with van der Waals surface area (Å²) in [5.74, 6) is 0.784. The second kappa shape index (κ2) is 6.73. The van der Waals surface area contributed by atoms with Gasteiger partial charge in [0.25, 0.3) is 0 Å². The van der Waals surface area contributed by atoms with E-state index in [1.54, 1.807) is 0 Å². The first-order valence-corrected chi connectivity index (χ1v) is 8.33. The number of hydrogen-bond donors (Lipinski definition) is 2. The van der Waals surface area contributed by atoms with Crippen LogP contribution in [0.25, 0.3) is 0 Å². The fourth-order valence-electron chi connectivity index (χ4n) is 3.43. The Balaban J connectivity index is 1.66. The molecule has 2 nitrogen and oxygen atoms in total. The van der Waals surface area contributed by atoms with Gasteiger partial charge in [0.05, 0.1) is 12.6 Å². The van der Waals surface area contributed by atoms with Gasteiger partial charge in [-0.1, -0.05) is 49.9 Å². The second-order valence-electron chi connectivity index (χ2n) is 6.53.